The second-order valence-corrected chi connectivity index (χ2v) is 7.09. The van der Waals surface area contributed by atoms with Crippen LogP contribution in [-0.4, -0.2) is 32.3 Å². The Labute approximate surface area is 179 Å². The van der Waals surface area contributed by atoms with Gasteiger partial charge in [-0.05, 0) is 35.2 Å². The molecule has 0 unspecified atom stereocenters. The highest BCUT2D eigenvalue weighted by Crippen LogP contribution is 2.27. The molecule has 5 aromatic rings. The van der Waals surface area contributed by atoms with Crippen LogP contribution in [-0.2, 0) is 6.54 Å². The Morgan fingerprint density at radius 2 is 1.74 bits per heavy atom. The molecule has 3 aromatic heterocycles. The van der Waals surface area contributed by atoms with Gasteiger partial charge in [-0.2, -0.15) is 5.10 Å². The molecule has 0 radical (unpaired) electrons. The van der Waals surface area contributed by atoms with Crippen LogP contribution in [0.4, 0.5) is 5.82 Å². The van der Waals surface area contributed by atoms with E-state index in [1.807, 2.05) is 61.3 Å². The zero-order valence-corrected chi connectivity index (χ0v) is 16.9. The van der Waals surface area contributed by atoms with E-state index in [1.165, 1.54) is 0 Å². The number of nitrogens with zero attached hydrogens (tertiary/aromatic N) is 4. The third-order valence-corrected chi connectivity index (χ3v) is 5.08. The summed E-state index contributed by atoms with van der Waals surface area (Å²) in [5.41, 5.74) is 4.00. The lowest BCUT2D eigenvalue weighted by molar-refractivity contribution is 0.416. The van der Waals surface area contributed by atoms with E-state index in [1.54, 1.807) is 7.11 Å². The molecule has 5 rings (SSSR count). The number of nitrogens with one attached hydrogen (secondary N) is 2. The van der Waals surface area contributed by atoms with Crippen molar-refractivity contribution < 1.29 is 4.74 Å². The van der Waals surface area contributed by atoms with Crippen molar-refractivity contribution in [1.82, 2.24) is 25.1 Å². The van der Waals surface area contributed by atoms with Crippen LogP contribution >= 0.6 is 0 Å². The molecule has 3 heterocycles. The van der Waals surface area contributed by atoms with Gasteiger partial charge in [0.15, 0.2) is 5.82 Å². The summed E-state index contributed by atoms with van der Waals surface area (Å²) < 4.78 is 5.40. The highest BCUT2D eigenvalue weighted by Gasteiger charge is 2.08. The summed E-state index contributed by atoms with van der Waals surface area (Å²) in [7, 11) is 1.64. The topological polar surface area (TPSA) is 88.6 Å². The van der Waals surface area contributed by atoms with E-state index in [0.29, 0.717) is 12.4 Å². The van der Waals surface area contributed by atoms with Crippen LogP contribution in [0.2, 0.25) is 0 Å². The fraction of sp³-hybridized carbons (Fsp3) is 0.0833. The Morgan fingerprint density at radius 3 is 2.55 bits per heavy atom. The van der Waals surface area contributed by atoms with Gasteiger partial charge in [0.05, 0.1) is 18.9 Å². The quantitative estimate of drug-likeness (QED) is 0.423. The van der Waals surface area contributed by atoms with Crippen molar-refractivity contribution >= 4 is 16.6 Å². The Hall–Kier alpha value is -4.26. The van der Waals surface area contributed by atoms with Gasteiger partial charge in [-0.25, -0.2) is 15.0 Å². The Kier molecular flexibility index (Phi) is 4.98. The summed E-state index contributed by atoms with van der Waals surface area (Å²) in [6.07, 6.45) is 9.21. The van der Waals surface area contributed by atoms with Gasteiger partial charge in [-0.15, -0.1) is 0 Å². The summed E-state index contributed by atoms with van der Waals surface area (Å²) in [4.78, 5) is 13.5. The zero-order valence-electron chi connectivity index (χ0n) is 16.9. The van der Waals surface area contributed by atoms with Gasteiger partial charge in [-0.1, -0.05) is 24.3 Å². The van der Waals surface area contributed by atoms with Crippen LogP contribution in [0.1, 0.15) is 5.56 Å². The summed E-state index contributed by atoms with van der Waals surface area (Å²) in [6.45, 7) is 0.576. The van der Waals surface area contributed by atoms with Gasteiger partial charge >= 0.3 is 0 Å². The lowest BCUT2D eigenvalue weighted by Gasteiger charge is -2.09. The van der Waals surface area contributed by atoms with Crippen molar-refractivity contribution in [3.63, 3.8) is 0 Å². The van der Waals surface area contributed by atoms with Crippen molar-refractivity contribution in [2.45, 2.75) is 6.54 Å². The van der Waals surface area contributed by atoms with Gasteiger partial charge in [0, 0.05) is 47.8 Å². The van der Waals surface area contributed by atoms with Gasteiger partial charge in [0.2, 0.25) is 0 Å². The first kappa shape index (κ1) is 18.7. The number of H-pyrrole nitrogens is 1. The predicted molar refractivity (Wildman–Crippen MR) is 121 cm³/mol. The number of aromatic nitrogens is 5. The fourth-order valence-corrected chi connectivity index (χ4v) is 3.43. The standard InChI is InChI=1S/C24H20N6O/c1-31-22-5-3-2-4-21(22)24-27-11-16(12-28-24)10-25-23-9-19-8-17(20-14-29-30-15-20)6-7-18(19)13-26-23/h2-9,11-15H,10H2,1H3,(H,25,26)(H,29,30). The summed E-state index contributed by atoms with van der Waals surface area (Å²) >= 11 is 0. The monoisotopic (exact) mass is 408 g/mol. The molecule has 0 saturated heterocycles. The smallest absolute Gasteiger partial charge is 0.162 e. The van der Waals surface area contributed by atoms with Crippen LogP contribution in [0.5, 0.6) is 5.75 Å². The van der Waals surface area contributed by atoms with Crippen molar-refractivity contribution in [3.05, 3.63) is 85.1 Å². The number of ether oxygens (including phenoxy) is 1. The van der Waals surface area contributed by atoms with E-state index < -0.39 is 0 Å². The largest absolute Gasteiger partial charge is 0.496 e. The van der Waals surface area contributed by atoms with Crippen LogP contribution in [0, 0.1) is 0 Å². The number of hydrogen-bond acceptors (Lipinski definition) is 6. The second-order valence-electron chi connectivity index (χ2n) is 7.09. The van der Waals surface area contributed by atoms with Crippen LogP contribution < -0.4 is 10.1 Å². The van der Waals surface area contributed by atoms with E-state index in [9.17, 15) is 0 Å². The lowest BCUT2D eigenvalue weighted by Crippen LogP contribution is -2.03. The molecule has 0 saturated carbocycles. The number of benzene rings is 2. The molecule has 0 fully saturated rings. The maximum Gasteiger partial charge on any atom is 0.162 e. The number of fused-ring (bicyclic) bond motifs is 1. The van der Waals surface area contributed by atoms with E-state index in [0.717, 1.165) is 44.6 Å². The van der Waals surface area contributed by atoms with Gasteiger partial charge in [-0.3, -0.25) is 5.10 Å². The zero-order chi connectivity index (χ0) is 21.0. The first-order valence-electron chi connectivity index (χ1n) is 9.87. The van der Waals surface area contributed by atoms with Crippen molar-refractivity contribution in [2.24, 2.45) is 0 Å². The molecule has 0 aliphatic rings. The number of aromatic amines is 1. The molecule has 7 heteroatoms. The lowest BCUT2D eigenvalue weighted by atomic mass is 10.1. The Balaban J connectivity index is 1.32. The average molecular weight is 408 g/mol. The van der Waals surface area contributed by atoms with Crippen LogP contribution in [0.15, 0.2) is 79.5 Å². The maximum absolute atomic E-state index is 5.40. The molecule has 152 valence electrons. The van der Waals surface area contributed by atoms with Crippen molar-refractivity contribution in [2.75, 3.05) is 12.4 Å². The minimum atomic E-state index is 0.576. The highest BCUT2D eigenvalue weighted by atomic mass is 16.5. The number of hydrogen-bond donors (Lipinski definition) is 2. The number of pyridine rings is 1. The molecule has 31 heavy (non-hydrogen) atoms. The summed E-state index contributed by atoms with van der Waals surface area (Å²) in [5, 5.41) is 12.4. The molecule has 2 N–H and O–H groups in total. The van der Waals surface area contributed by atoms with Crippen LogP contribution in [0.25, 0.3) is 33.3 Å². The van der Waals surface area contributed by atoms with Crippen molar-refractivity contribution in [1.29, 1.82) is 0 Å². The van der Waals surface area contributed by atoms with Gasteiger partial charge in [0.25, 0.3) is 0 Å². The maximum atomic E-state index is 5.40. The molecule has 0 atom stereocenters. The predicted octanol–water partition coefficient (Wildman–Crippen LogP) is 4.70. The summed E-state index contributed by atoms with van der Waals surface area (Å²) in [6, 6.07) is 16.0. The molecule has 0 spiro atoms. The molecule has 0 amide bonds. The highest BCUT2D eigenvalue weighted by molar-refractivity contribution is 5.88. The second kappa shape index (κ2) is 8.23. The summed E-state index contributed by atoms with van der Waals surface area (Å²) in [5.74, 6) is 2.19. The normalized spacial score (nSPS) is 10.9. The first-order valence-corrected chi connectivity index (χ1v) is 9.87. The number of anilines is 1. The molecule has 2 aromatic carbocycles. The molecule has 0 bridgehead atoms. The Bertz CT molecular complexity index is 1320. The third kappa shape index (κ3) is 3.93. The number of para-hydroxylation sites is 1. The number of rotatable bonds is 6. The Morgan fingerprint density at radius 1 is 0.871 bits per heavy atom. The molecule has 0 aliphatic heterocycles. The minimum absolute atomic E-state index is 0.576. The average Bonchev–Trinajstić information content (AvgIpc) is 3.38. The molecular weight excluding hydrogens is 388 g/mol. The van der Waals surface area contributed by atoms with E-state index >= 15 is 0 Å². The number of methoxy groups -OCH3 is 1. The van der Waals surface area contributed by atoms with Gasteiger partial charge < -0.3 is 10.1 Å². The van der Waals surface area contributed by atoms with E-state index in [4.69, 9.17) is 4.74 Å². The van der Waals surface area contributed by atoms with Crippen LogP contribution in [0.3, 0.4) is 0 Å². The SMILES string of the molecule is COc1ccccc1-c1ncc(CNc2cc3cc(-c4cn[nH]c4)ccc3cn2)cn1. The molecular formula is C24H20N6O. The van der Waals surface area contributed by atoms with Gasteiger partial charge in [0.1, 0.15) is 11.6 Å². The molecule has 7 nitrogen and oxygen atoms in total. The van der Waals surface area contributed by atoms with E-state index in [2.05, 4.69) is 48.7 Å². The van der Waals surface area contributed by atoms with E-state index in [-0.39, 0.29) is 0 Å². The molecule has 0 aliphatic carbocycles. The van der Waals surface area contributed by atoms with Crippen molar-refractivity contribution in [3.8, 4) is 28.3 Å². The fourth-order valence-electron chi connectivity index (χ4n) is 3.43. The minimum Gasteiger partial charge on any atom is -0.496 e. The third-order valence-electron chi connectivity index (χ3n) is 5.08. The first-order chi connectivity index (χ1) is 15.3.